The third-order valence-electron chi connectivity index (χ3n) is 3.65. The number of hydrogen-bond acceptors (Lipinski definition) is 3. The first kappa shape index (κ1) is 18.2. The summed E-state index contributed by atoms with van der Waals surface area (Å²) in [5.74, 6) is -1.34. The lowest BCUT2D eigenvalue weighted by Gasteiger charge is -2.33. The average Bonchev–Trinajstić information content (AvgIpc) is 2.46. The lowest BCUT2D eigenvalue weighted by molar-refractivity contribution is -0.136. The number of aliphatic hydroxyl groups excluding tert-OH is 1. The van der Waals surface area contributed by atoms with Crippen LogP contribution in [0.1, 0.15) is 33.3 Å². The number of hydrogen-bond donors (Lipinski definition) is 3. The Morgan fingerprint density at radius 2 is 1.68 bits per heavy atom. The maximum Gasteiger partial charge on any atom is 0.313 e. The van der Waals surface area contributed by atoms with Gasteiger partial charge in [0.2, 0.25) is 0 Å². The van der Waals surface area contributed by atoms with E-state index in [9.17, 15) is 14.7 Å². The van der Waals surface area contributed by atoms with Crippen LogP contribution in [-0.4, -0.2) is 29.6 Å². The van der Waals surface area contributed by atoms with E-state index >= 15 is 0 Å². The zero-order valence-corrected chi connectivity index (χ0v) is 13.9. The molecule has 0 saturated carbocycles. The highest BCUT2D eigenvalue weighted by Gasteiger charge is 2.31. The molecule has 0 bridgehead atoms. The number of rotatable bonds is 5. The summed E-state index contributed by atoms with van der Waals surface area (Å²) < 4.78 is 0. The number of aliphatic hydroxyl groups is 1. The van der Waals surface area contributed by atoms with Crippen LogP contribution in [0.25, 0.3) is 0 Å². The van der Waals surface area contributed by atoms with Gasteiger partial charge in [-0.1, -0.05) is 45.4 Å². The summed E-state index contributed by atoms with van der Waals surface area (Å²) >= 11 is 0. The van der Waals surface area contributed by atoms with Gasteiger partial charge in [-0.15, -0.1) is 0 Å². The summed E-state index contributed by atoms with van der Waals surface area (Å²) in [5, 5.41) is 15.2. The number of carbonyl (C=O) groups is 2. The standard InChI is InChI=1S/C17H26N2O3/c1-11(2)14(20)17(4,5)10-18-15(21)16(22)19-13-8-6-12(3)7-9-13/h6-9,11,14,20H,10H2,1-5H3,(H,18,21)(H,19,22). The van der Waals surface area contributed by atoms with E-state index < -0.39 is 23.3 Å². The van der Waals surface area contributed by atoms with E-state index in [0.717, 1.165) is 5.56 Å². The summed E-state index contributed by atoms with van der Waals surface area (Å²) in [4.78, 5) is 23.7. The van der Waals surface area contributed by atoms with Gasteiger partial charge < -0.3 is 15.7 Å². The molecular formula is C17H26N2O3. The summed E-state index contributed by atoms with van der Waals surface area (Å²) in [7, 11) is 0. The monoisotopic (exact) mass is 306 g/mol. The molecule has 5 nitrogen and oxygen atoms in total. The number of aryl methyl sites for hydroxylation is 1. The molecule has 2 amide bonds. The topological polar surface area (TPSA) is 78.4 Å². The summed E-state index contributed by atoms with van der Waals surface area (Å²) in [6, 6.07) is 7.20. The molecule has 0 aliphatic heterocycles. The Kier molecular flexibility index (Phi) is 6.11. The fraction of sp³-hybridized carbons (Fsp3) is 0.529. The van der Waals surface area contributed by atoms with Crippen molar-refractivity contribution in [3.8, 4) is 0 Å². The largest absolute Gasteiger partial charge is 0.392 e. The minimum Gasteiger partial charge on any atom is -0.392 e. The number of amides is 2. The molecule has 0 aliphatic rings. The maximum absolute atomic E-state index is 11.8. The van der Waals surface area contributed by atoms with Gasteiger partial charge in [-0.2, -0.15) is 0 Å². The van der Waals surface area contributed by atoms with Crippen LogP contribution in [0.4, 0.5) is 5.69 Å². The number of nitrogens with one attached hydrogen (secondary N) is 2. The van der Waals surface area contributed by atoms with Gasteiger partial charge in [0, 0.05) is 17.6 Å². The van der Waals surface area contributed by atoms with E-state index in [0.29, 0.717) is 5.69 Å². The van der Waals surface area contributed by atoms with Crippen LogP contribution in [0.5, 0.6) is 0 Å². The Hall–Kier alpha value is -1.88. The van der Waals surface area contributed by atoms with Gasteiger partial charge >= 0.3 is 11.8 Å². The van der Waals surface area contributed by atoms with Crippen LogP contribution < -0.4 is 10.6 Å². The molecule has 0 aromatic heterocycles. The minimum absolute atomic E-state index is 0.0771. The zero-order valence-electron chi connectivity index (χ0n) is 13.9. The second-order valence-corrected chi connectivity index (χ2v) is 6.68. The molecule has 3 N–H and O–H groups in total. The van der Waals surface area contributed by atoms with Crippen molar-refractivity contribution in [1.29, 1.82) is 0 Å². The van der Waals surface area contributed by atoms with Crippen LogP contribution in [0.2, 0.25) is 0 Å². The van der Waals surface area contributed by atoms with E-state index in [2.05, 4.69) is 10.6 Å². The molecule has 1 atom stereocenters. The molecular weight excluding hydrogens is 280 g/mol. The highest BCUT2D eigenvalue weighted by molar-refractivity contribution is 6.39. The highest BCUT2D eigenvalue weighted by Crippen LogP contribution is 2.25. The first-order valence-corrected chi connectivity index (χ1v) is 7.47. The molecule has 0 radical (unpaired) electrons. The normalized spacial score (nSPS) is 12.9. The second-order valence-electron chi connectivity index (χ2n) is 6.68. The molecule has 122 valence electrons. The number of anilines is 1. The van der Waals surface area contributed by atoms with Crippen LogP contribution >= 0.6 is 0 Å². The molecule has 0 heterocycles. The lowest BCUT2D eigenvalue weighted by atomic mass is 9.81. The number of carbonyl (C=O) groups excluding carboxylic acids is 2. The molecule has 5 heteroatoms. The maximum atomic E-state index is 11.8. The van der Waals surface area contributed by atoms with Gasteiger partial charge in [-0.3, -0.25) is 9.59 Å². The summed E-state index contributed by atoms with van der Waals surface area (Å²) in [6.07, 6.45) is -0.562. The van der Waals surface area contributed by atoms with Crippen molar-refractivity contribution in [2.24, 2.45) is 11.3 Å². The zero-order chi connectivity index (χ0) is 16.9. The molecule has 0 fully saturated rings. The van der Waals surface area contributed by atoms with Gasteiger partial charge in [-0.05, 0) is 25.0 Å². The highest BCUT2D eigenvalue weighted by atomic mass is 16.3. The van der Waals surface area contributed by atoms with Crippen molar-refractivity contribution in [2.45, 2.75) is 40.7 Å². The SMILES string of the molecule is Cc1ccc(NC(=O)C(=O)NCC(C)(C)C(O)C(C)C)cc1. The smallest absolute Gasteiger partial charge is 0.313 e. The fourth-order valence-electron chi connectivity index (χ4n) is 2.22. The van der Waals surface area contributed by atoms with E-state index in [1.807, 2.05) is 46.8 Å². The first-order chi connectivity index (χ1) is 10.1. The Morgan fingerprint density at radius 3 is 2.18 bits per heavy atom. The number of benzene rings is 1. The van der Waals surface area contributed by atoms with Gasteiger partial charge in [-0.25, -0.2) is 0 Å². The molecule has 1 rings (SSSR count). The molecule has 1 aromatic rings. The van der Waals surface area contributed by atoms with Crippen molar-refractivity contribution in [2.75, 3.05) is 11.9 Å². The van der Waals surface area contributed by atoms with Crippen LogP contribution in [0.15, 0.2) is 24.3 Å². The molecule has 0 spiro atoms. The molecule has 0 saturated heterocycles. The Bertz CT molecular complexity index is 521. The van der Waals surface area contributed by atoms with E-state index in [-0.39, 0.29) is 12.5 Å². The third-order valence-corrected chi connectivity index (χ3v) is 3.65. The van der Waals surface area contributed by atoms with Gasteiger partial charge in [0.05, 0.1) is 6.10 Å². The molecule has 1 aromatic carbocycles. The van der Waals surface area contributed by atoms with Crippen LogP contribution in [0.3, 0.4) is 0 Å². The van der Waals surface area contributed by atoms with Gasteiger partial charge in [0.1, 0.15) is 0 Å². The molecule has 1 unspecified atom stereocenters. The Morgan fingerprint density at radius 1 is 1.14 bits per heavy atom. The van der Waals surface area contributed by atoms with Gasteiger partial charge in [0.25, 0.3) is 0 Å². The van der Waals surface area contributed by atoms with Crippen molar-refractivity contribution in [3.05, 3.63) is 29.8 Å². The predicted molar refractivity (Wildman–Crippen MR) is 87.4 cm³/mol. The Labute approximate surface area is 132 Å². The lowest BCUT2D eigenvalue weighted by Crippen LogP contribution is -2.46. The minimum atomic E-state index is -0.710. The first-order valence-electron chi connectivity index (χ1n) is 7.47. The van der Waals surface area contributed by atoms with Crippen molar-refractivity contribution in [3.63, 3.8) is 0 Å². The fourth-order valence-corrected chi connectivity index (χ4v) is 2.22. The summed E-state index contributed by atoms with van der Waals surface area (Å²) in [5.41, 5.74) is 1.15. The van der Waals surface area contributed by atoms with E-state index in [4.69, 9.17) is 0 Å². The van der Waals surface area contributed by atoms with Crippen LogP contribution in [0, 0.1) is 18.3 Å². The summed E-state index contributed by atoms with van der Waals surface area (Å²) in [6.45, 7) is 9.72. The predicted octanol–water partition coefficient (Wildman–Crippen LogP) is 2.09. The van der Waals surface area contributed by atoms with Crippen molar-refractivity contribution in [1.82, 2.24) is 5.32 Å². The van der Waals surface area contributed by atoms with Crippen molar-refractivity contribution < 1.29 is 14.7 Å². The third kappa shape index (κ3) is 5.15. The van der Waals surface area contributed by atoms with E-state index in [1.165, 1.54) is 0 Å². The molecule has 0 aliphatic carbocycles. The average molecular weight is 306 g/mol. The molecule has 22 heavy (non-hydrogen) atoms. The quantitative estimate of drug-likeness (QED) is 0.729. The van der Waals surface area contributed by atoms with Crippen LogP contribution in [-0.2, 0) is 9.59 Å². The Balaban J connectivity index is 2.54. The van der Waals surface area contributed by atoms with Gasteiger partial charge in [0.15, 0.2) is 0 Å². The van der Waals surface area contributed by atoms with E-state index in [1.54, 1.807) is 12.1 Å². The van der Waals surface area contributed by atoms with Crippen molar-refractivity contribution >= 4 is 17.5 Å². The second kappa shape index (κ2) is 7.40.